The van der Waals surface area contributed by atoms with Crippen LogP contribution in [0.1, 0.15) is 85.5 Å². The Kier molecular flexibility index (Phi) is 18.5. The average Bonchev–Trinajstić information content (AvgIpc) is 2.82. The number of carbonyl (C=O) groups excluding carboxylic acids is 2. The minimum atomic E-state index is -1.89. The van der Waals surface area contributed by atoms with Crippen LogP contribution in [-0.4, -0.2) is 63.6 Å². The highest BCUT2D eigenvalue weighted by Gasteiger charge is 2.57. The molecule has 0 aromatic carbocycles. The van der Waals surface area contributed by atoms with Crippen LogP contribution in [0.4, 0.5) is 0 Å². The van der Waals surface area contributed by atoms with Crippen molar-refractivity contribution in [2.45, 2.75) is 96.0 Å². The van der Waals surface area contributed by atoms with Crippen LogP contribution in [-0.2, 0) is 28.7 Å². The molecule has 2 N–H and O–H groups in total. The number of carboxylic acid groups (broad SMARTS) is 2. The molecule has 3 atom stereocenters. The normalized spacial score (nSPS) is 15.6. The second kappa shape index (κ2) is 19.1. The van der Waals surface area contributed by atoms with E-state index in [0.717, 1.165) is 38.5 Å². The SMILES string of the molecule is CC(C)CCCCCOC(=O)C(S)C(CS)(C(S)C(=O)OCCCCCC(C)C)C(CC(=O)O)C(=O)O. The third kappa shape index (κ3) is 13.0. The van der Waals surface area contributed by atoms with Gasteiger partial charge in [-0.05, 0) is 24.7 Å². The average molecular weight is 583 g/mol. The van der Waals surface area contributed by atoms with E-state index in [1.807, 2.05) is 0 Å². The van der Waals surface area contributed by atoms with Crippen molar-refractivity contribution in [2.24, 2.45) is 23.2 Å². The van der Waals surface area contributed by atoms with E-state index < -0.39 is 52.1 Å². The van der Waals surface area contributed by atoms with E-state index in [1.165, 1.54) is 0 Å². The smallest absolute Gasteiger partial charge is 0.319 e. The molecule has 0 aliphatic carbocycles. The summed E-state index contributed by atoms with van der Waals surface area (Å²) in [7, 11) is 0. The molecule has 0 aromatic heterocycles. The molecule has 0 saturated carbocycles. The largest absolute Gasteiger partial charge is 0.481 e. The number of thiol groups is 3. The van der Waals surface area contributed by atoms with Crippen LogP contribution in [0.15, 0.2) is 0 Å². The van der Waals surface area contributed by atoms with Gasteiger partial charge < -0.3 is 19.7 Å². The molecule has 0 aliphatic rings. The van der Waals surface area contributed by atoms with Gasteiger partial charge in [0.25, 0.3) is 0 Å². The first-order valence-corrected chi connectivity index (χ1v) is 14.7. The zero-order valence-electron chi connectivity index (χ0n) is 22.6. The Morgan fingerprint density at radius 3 is 1.43 bits per heavy atom. The summed E-state index contributed by atoms with van der Waals surface area (Å²) in [5, 5.41) is 16.4. The molecular formula is C26H46O8S3. The van der Waals surface area contributed by atoms with Crippen molar-refractivity contribution < 1.29 is 38.9 Å². The Bertz CT molecular complexity index is 676. The lowest BCUT2D eigenvalue weighted by atomic mass is 9.69. The van der Waals surface area contributed by atoms with Gasteiger partial charge in [0.2, 0.25) is 0 Å². The van der Waals surface area contributed by atoms with Crippen LogP contribution < -0.4 is 0 Å². The number of hydrogen-bond acceptors (Lipinski definition) is 9. The van der Waals surface area contributed by atoms with Crippen molar-refractivity contribution in [2.75, 3.05) is 19.0 Å². The number of hydrogen-bond donors (Lipinski definition) is 5. The van der Waals surface area contributed by atoms with E-state index in [0.29, 0.717) is 24.7 Å². The number of carbonyl (C=O) groups is 4. The van der Waals surface area contributed by atoms with E-state index in [-0.39, 0.29) is 19.0 Å². The molecule has 0 heterocycles. The third-order valence-corrected chi connectivity index (χ3v) is 8.34. The molecule has 0 radical (unpaired) electrons. The first-order chi connectivity index (χ1) is 17.3. The van der Waals surface area contributed by atoms with E-state index in [9.17, 15) is 29.4 Å². The fourth-order valence-corrected chi connectivity index (χ4v) is 6.08. The number of esters is 2. The van der Waals surface area contributed by atoms with E-state index in [4.69, 9.17) is 9.47 Å². The monoisotopic (exact) mass is 582 g/mol. The van der Waals surface area contributed by atoms with E-state index in [1.54, 1.807) is 0 Å². The molecule has 0 fully saturated rings. The van der Waals surface area contributed by atoms with Crippen LogP contribution >= 0.6 is 37.9 Å². The highest BCUT2D eigenvalue weighted by molar-refractivity contribution is 7.83. The van der Waals surface area contributed by atoms with Gasteiger partial charge in [-0.1, -0.05) is 66.2 Å². The Hall–Kier alpha value is -1.07. The second-order valence-corrected chi connectivity index (χ2v) is 11.7. The summed E-state index contributed by atoms with van der Waals surface area (Å²) in [6.07, 6.45) is 6.19. The summed E-state index contributed by atoms with van der Waals surface area (Å²) in [4.78, 5) is 49.6. The van der Waals surface area contributed by atoms with Crippen LogP contribution in [0.25, 0.3) is 0 Å². The molecule has 0 saturated heterocycles. The van der Waals surface area contributed by atoms with Crippen molar-refractivity contribution in [1.82, 2.24) is 0 Å². The van der Waals surface area contributed by atoms with Gasteiger partial charge in [0, 0.05) is 11.2 Å². The third-order valence-electron chi connectivity index (χ3n) is 6.40. The molecule has 216 valence electrons. The fraction of sp³-hybridized carbons (Fsp3) is 0.846. The maximum Gasteiger partial charge on any atom is 0.319 e. The van der Waals surface area contributed by atoms with Crippen molar-refractivity contribution in [3.63, 3.8) is 0 Å². The van der Waals surface area contributed by atoms with Crippen molar-refractivity contribution in [3.05, 3.63) is 0 Å². The minimum Gasteiger partial charge on any atom is -0.481 e. The molecule has 0 spiro atoms. The molecular weight excluding hydrogens is 536 g/mol. The van der Waals surface area contributed by atoms with Gasteiger partial charge in [-0.2, -0.15) is 37.9 Å². The predicted molar refractivity (Wildman–Crippen MR) is 154 cm³/mol. The van der Waals surface area contributed by atoms with E-state index in [2.05, 4.69) is 65.6 Å². The van der Waals surface area contributed by atoms with Gasteiger partial charge in [0.05, 0.1) is 25.6 Å². The van der Waals surface area contributed by atoms with Gasteiger partial charge in [-0.15, -0.1) is 0 Å². The summed E-state index contributed by atoms with van der Waals surface area (Å²) in [5.74, 6) is -5.49. The number of aliphatic carboxylic acids is 2. The van der Waals surface area contributed by atoms with Crippen LogP contribution in [0, 0.1) is 23.2 Å². The van der Waals surface area contributed by atoms with Crippen LogP contribution in [0.3, 0.4) is 0 Å². The summed E-state index contributed by atoms with van der Waals surface area (Å²) >= 11 is 13.0. The molecule has 0 aliphatic heterocycles. The minimum absolute atomic E-state index is 0.103. The number of carboxylic acids is 2. The second-order valence-electron chi connectivity index (χ2n) is 10.4. The summed E-state index contributed by atoms with van der Waals surface area (Å²) in [5.41, 5.74) is -1.89. The van der Waals surface area contributed by atoms with E-state index >= 15 is 0 Å². The Morgan fingerprint density at radius 2 is 1.14 bits per heavy atom. The van der Waals surface area contributed by atoms with Crippen molar-refractivity contribution in [1.29, 1.82) is 0 Å². The first kappa shape index (κ1) is 35.9. The lowest BCUT2D eigenvalue weighted by Crippen LogP contribution is -2.57. The maximum absolute atomic E-state index is 13.0. The molecule has 0 rings (SSSR count). The van der Waals surface area contributed by atoms with Gasteiger partial charge in [0.15, 0.2) is 0 Å². The number of ether oxygens (including phenoxy) is 2. The number of unbranched alkanes of at least 4 members (excludes halogenated alkanes) is 4. The maximum atomic E-state index is 13.0. The van der Waals surface area contributed by atoms with Gasteiger partial charge in [-0.3, -0.25) is 19.2 Å². The van der Waals surface area contributed by atoms with Gasteiger partial charge >= 0.3 is 23.9 Å². The predicted octanol–water partition coefficient (Wildman–Crippen LogP) is 5.19. The molecule has 37 heavy (non-hydrogen) atoms. The topological polar surface area (TPSA) is 127 Å². The summed E-state index contributed by atoms with van der Waals surface area (Å²) in [6.45, 7) is 8.72. The van der Waals surface area contributed by atoms with Crippen LogP contribution in [0.5, 0.6) is 0 Å². The lowest BCUT2D eigenvalue weighted by Gasteiger charge is -2.43. The highest BCUT2D eigenvalue weighted by Crippen LogP contribution is 2.45. The van der Waals surface area contributed by atoms with Crippen LogP contribution in [0.2, 0.25) is 0 Å². The molecule has 3 unspecified atom stereocenters. The molecule has 8 nitrogen and oxygen atoms in total. The number of rotatable bonds is 21. The quantitative estimate of drug-likeness (QED) is 0.0711. The zero-order chi connectivity index (χ0) is 28.6. The molecule has 0 bridgehead atoms. The fourth-order valence-electron chi connectivity index (χ4n) is 4.10. The highest BCUT2D eigenvalue weighted by atomic mass is 32.1. The van der Waals surface area contributed by atoms with Gasteiger partial charge in [0.1, 0.15) is 10.5 Å². The zero-order valence-corrected chi connectivity index (χ0v) is 25.2. The lowest BCUT2D eigenvalue weighted by molar-refractivity contribution is -0.159. The first-order valence-electron chi connectivity index (χ1n) is 13.1. The molecule has 0 aromatic rings. The standard InChI is InChI=1S/C26H46O8S3/c1-17(2)11-7-5-9-13-33-24(31)21(36)26(16-35,19(23(29)30)15-20(27)28)22(37)25(32)34-14-10-6-8-12-18(3)4/h17-19,21-22,35-37H,5-16H2,1-4H3,(H,27,28)(H,29,30). The molecule has 0 amide bonds. The van der Waals surface area contributed by atoms with Crippen molar-refractivity contribution in [3.8, 4) is 0 Å². The van der Waals surface area contributed by atoms with Crippen molar-refractivity contribution >= 4 is 61.8 Å². The summed E-state index contributed by atoms with van der Waals surface area (Å²) < 4.78 is 10.7. The Morgan fingerprint density at radius 1 is 0.730 bits per heavy atom. The Labute approximate surface area is 238 Å². The molecule has 11 heteroatoms. The summed E-state index contributed by atoms with van der Waals surface area (Å²) in [6, 6.07) is 0. The Balaban J connectivity index is 5.59. The van der Waals surface area contributed by atoms with Gasteiger partial charge in [-0.25, -0.2) is 0 Å².